The third-order valence-corrected chi connectivity index (χ3v) is 4.34. The summed E-state index contributed by atoms with van der Waals surface area (Å²) >= 11 is 0. The molecule has 5 heteroatoms. The Morgan fingerprint density at radius 1 is 1.32 bits per heavy atom. The van der Waals surface area contributed by atoms with E-state index in [0.717, 1.165) is 31.2 Å². The van der Waals surface area contributed by atoms with Gasteiger partial charge in [-0.2, -0.15) is 0 Å². The molecule has 0 amide bonds. The molecule has 0 spiro atoms. The van der Waals surface area contributed by atoms with Crippen molar-refractivity contribution in [3.63, 3.8) is 0 Å². The van der Waals surface area contributed by atoms with Gasteiger partial charge in [0.25, 0.3) is 0 Å². The maximum Gasteiger partial charge on any atom is 0.123 e. The van der Waals surface area contributed by atoms with E-state index >= 15 is 0 Å². The van der Waals surface area contributed by atoms with Gasteiger partial charge in [-0.25, -0.2) is 9.37 Å². The van der Waals surface area contributed by atoms with Gasteiger partial charge in [0.05, 0.1) is 18.5 Å². The van der Waals surface area contributed by atoms with Crippen LogP contribution in [0.2, 0.25) is 0 Å². The molecular formula is C17H22FN3O. The zero-order chi connectivity index (χ0) is 15.4. The third kappa shape index (κ3) is 3.93. The van der Waals surface area contributed by atoms with Crippen LogP contribution < -0.4 is 5.32 Å². The normalized spacial score (nSPS) is 23.4. The third-order valence-electron chi connectivity index (χ3n) is 4.34. The van der Waals surface area contributed by atoms with Crippen LogP contribution in [0.1, 0.15) is 37.3 Å². The SMILES string of the molecule is OC1CCC(N[C@@H](Cn2ccnc2)c2cccc(F)c2)CC1. The van der Waals surface area contributed by atoms with Crippen LogP contribution in [0.15, 0.2) is 43.0 Å². The number of aromatic nitrogens is 2. The second kappa shape index (κ2) is 7.03. The monoisotopic (exact) mass is 303 g/mol. The summed E-state index contributed by atoms with van der Waals surface area (Å²) in [6, 6.07) is 7.15. The first-order chi connectivity index (χ1) is 10.7. The van der Waals surface area contributed by atoms with Crippen molar-refractivity contribution < 1.29 is 9.50 Å². The lowest BCUT2D eigenvalue weighted by Crippen LogP contribution is -2.38. The van der Waals surface area contributed by atoms with Crippen LogP contribution in [-0.2, 0) is 6.54 Å². The predicted octanol–water partition coefficient (Wildman–Crippen LogP) is 2.66. The number of hydrogen-bond acceptors (Lipinski definition) is 3. The minimum absolute atomic E-state index is 0.0325. The Morgan fingerprint density at radius 2 is 2.14 bits per heavy atom. The summed E-state index contributed by atoms with van der Waals surface area (Å²) in [5.74, 6) is -0.214. The number of nitrogens with one attached hydrogen (secondary N) is 1. The minimum Gasteiger partial charge on any atom is -0.393 e. The van der Waals surface area contributed by atoms with Gasteiger partial charge in [0.1, 0.15) is 5.82 Å². The topological polar surface area (TPSA) is 50.1 Å². The highest BCUT2D eigenvalue weighted by Crippen LogP contribution is 2.23. The molecule has 1 atom stereocenters. The molecule has 1 aliphatic carbocycles. The summed E-state index contributed by atoms with van der Waals surface area (Å²) in [5.41, 5.74) is 0.944. The number of rotatable bonds is 5. The highest BCUT2D eigenvalue weighted by molar-refractivity contribution is 5.20. The van der Waals surface area contributed by atoms with Crippen molar-refractivity contribution in [3.8, 4) is 0 Å². The Bertz CT molecular complexity index is 579. The molecule has 1 aromatic carbocycles. The number of imidazole rings is 1. The minimum atomic E-state index is -0.214. The molecule has 1 aliphatic rings. The van der Waals surface area contributed by atoms with Gasteiger partial charge in [0.15, 0.2) is 0 Å². The molecule has 1 heterocycles. The largest absolute Gasteiger partial charge is 0.393 e. The van der Waals surface area contributed by atoms with E-state index in [4.69, 9.17) is 0 Å². The molecule has 22 heavy (non-hydrogen) atoms. The lowest BCUT2D eigenvalue weighted by molar-refractivity contribution is 0.113. The summed E-state index contributed by atoms with van der Waals surface area (Å²) in [4.78, 5) is 4.07. The van der Waals surface area contributed by atoms with Crippen LogP contribution in [0.5, 0.6) is 0 Å². The van der Waals surface area contributed by atoms with Crippen molar-refractivity contribution >= 4 is 0 Å². The molecule has 0 bridgehead atoms. The van der Waals surface area contributed by atoms with E-state index in [-0.39, 0.29) is 18.0 Å². The molecular weight excluding hydrogens is 281 g/mol. The zero-order valence-electron chi connectivity index (χ0n) is 12.5. The van der Waals surface area contributed by atoms with E-state index < -0.39 is 0 Å². The van der Waals surface area contributed by atoms with Crippen LogP contribution in [-0.4, -0.2) is 26.8 Å². The van der Waals surface area contributed by atoms with Crippen molar-refractivity contribution in [1.82, 2.24) is 14.9 Å². The number of hydrogen-bond donors (Lipinski definition) is 2. The van der Waals surface area contributed by atoms with E-state index in [1.54, 1.807) is 24.7 Å². The molecule has 1 fully saturated rings. The highest BCUT2D eigenvalue weighted by Gasteiger charge is 2.23. The van der Waals surface area contributed by atoms with E-state index in [1.807, 2.05) is 16.8 Å². The summed E-state index contributed by atoms with van der Waals surface area (Å²) < 4.78 is 15.6. The predicted molar refractivity (Wildman–Crippen MR) is 82.8 cm³/mol. The lowest BCUT2D eigenvalue weighted by Gasteiger charge is -2.31. The zero-order valence-corrected chi connectivity index (χ0v) is 12.5. The summed E-state index contributed by atoms with van der Waals surface area (Å²) in [6.07, 6.45) is 8.85. The van der Waals surface area contributed by atoms with Gasteiger partial charge in [0.2, 0.25) is 0 Å². The smallest absolute Gasteiger partial charge is 0.123 e. The van der Waals surface area contributed by atoms with Crippen molar-refractivity contribution in [2.24, 2.45) is 0 Å². The first-order valence-electron chi connectivity index (χ1n) is 7.86. The second-order valence-electron chi connectivity index (χ2n) is 6.04. The van der Waals surface area contributed by atoms with Crippen LogP contribution in [0.3, 0.4) is 0 Å². The van der Waals surface area contributed by atoms with Gasteiger partial charge >= 0.3 is 0 Å². The maximum atomic E-state index is 13.6. The van der Waals surface area contributed by atoms with E-state index in [2.05, 4.69) is 10.3 Å². The van der Waals surface area contributed by atoms with Crippen LogP contribution in [0.25, 0.3) is 0 Å². The molecule has 0 radical (unpaired) electrons. The average molecular weight is 303 g/mol. The molecule has 1 saturated carbocycles. The van der Waals surface area contributed by atoms with Crippen LogP contribution in [0.4, 0.5) is 4.39 Å². The molecule has 1 aromatic heterocycles. The summed E-state index contributed by atoms with van der Waals surface area (Å²) in [6.45, 7) is 0.711. The van der Waals surface area contributed by atoms with Crippen molar-refractivity contribution in [2.75, 3.05) is 0 Å². The van der Waals surface area contributed by atoms with Crippen molar-refractivity contribution in [1.29, 1.82) is 0 Å². The van der Waals surface area contributed by atoms with E-state index in [0.29, 0.717) is 12.6 Å². The molecule has 0 unspecified atom stereocenters. The van der Waals surface area contributed by atoms with Gasteiger partial charge in [-0.15, -0.1) is 0 Å². The molecule has 2 aromatic rings. The Morgan fingerprint density at radius 3 is 2.82 bits per heavy atom. The Hall–Kier alpha value is -1.72. The lowest BCUT2D eigenvalue weighted by atomic mass is 9.92. The first kappa shape index (κ1) is 15.2. The Balaban J connectivity index is 1.73. The highest BCUT2D eigenvalue weighted by atomic mass is 19.1. The standard InChI is InChI=1S/C17H22FN3O/c18-14-3-1-2-13(10-14)17(11-21-9-8-19-12-21)20-15-4-6-16(22)7-5-15/h1-3,8-10,12,15-17,20,22H,4-7,11H2/t15?,16?,17-/m0/s1. The summed E-state index contributed by atoms with van der Waals surface area (Å²) in [7, 11) is 0. The number of halogens is 1. The molecule has 2 N–H and O–H groups in total. The maximum absolute atomic E-state index is 13.6. The molecule has 3 rings (SSSR count). The van der Waals surface area contributed by atoms with Gasteiger partial charge in [-0.3, -0.25) is 0 Å². The van der Waals surface area contributed by atoms with E-state index in [9.17, 15) is 9.50 Å². The van der Waals surface area contributed by atoms with E-state index in [1.165, 1.54) is 6.07 Å². The molecule has 4 nitrogen and oxygen atoms in total. The number of aliphatic hydroxyl groups excluding tert-OH is 1. The average Bonchev–Trinajstić information content (AvgIpc) is 3.02. The number of benzene rings is 1. The fraction of sp³-hybridized carbons (Fsp3) is 0.471. The second-order valence-corrected chi connectivity index (χ2v) is 6.04. The van der Waals surface area contributed by atoms with Crippen molar-refractivity contribution in [2.45, 2.75) is 50.4 Å². The fourth-order valence-electron chi connectivity index (χ4n) is 3.11. The molecule has 0 saturated heterocycles. The summed E-state index contributed by atoms with van der Waals surface area (Å²) in [5, 5.41) is 13.3. The van der Waals surface area contributed by atoms with Crippen LogP contribution >= 0.6 is 0 Å². The van der Waals surface area contributed by atoms with Crippen molar-refractivity contribution in [3.05, 3.63) is 54.4 Å². The molecule has 118 valence electrons. The van der Waals surface area contributed by atoms with Gasteiger partial charge in [-0.05, 0) is 43.4 Å². The van der Waals surface area contributed by atoms with Crippen LogP contribution in [0, 0.1) is 5.82 Å². The molecule has 0 aliphatic heterocycles. The Labute approximate surface area is 130 Å². The van der Waals surface area contributed by atoms with Gasteiger partial charge in [0, 0.05) is 25.0 Å². The number of nitrogens with zero attached hydrogens (tertiary/aromatic N) is 2. The Kier molecular flexibility index (Phi) is 4.85. The van der Waals surface area contributed by atoms with Gasteiger partial charge < -0.3 is 15.0 Å². The fourth-order valence-corrected chi connectivity index (χ4v) is 3.11. The number of aliphatic hydroxyl groups is 1. The quantitative estimate of drug-likeness (QED) is 0.893. The first-order valence-corrected chi connectivity index (χ1v) is 7.86. The van der Waals surface area contributed by atoms with Gasteiger partial charge in [-0.1, -0.05) is 12.1 Å².